The monoisotopic (exact) mass is 349 g/mol. The van der Waals surface area contributed by atoms with Crippen LogP contribution in [0.25, 0.3) is 17.0 Å². The second-order valence-electron chi connectivity index (χ2n) is 5.58. The summed E-state index contributed by atoms with van der Waals surface area (Å²) in [5, 5.41) is 4.76. The number of para-hydroxylation sites is 1. The molecule has 0 fully saturated rings. The zero-order valence-corrected chi connectivity index (χ0v) is 13.9. The van der Waals surface area contributed by atoms with E-state index < -0.39 is 5.97 Å². The van der Waals surface area contributed by atoms with Gasteiger partial charge in [0.2, 0.25) is 0 Å². The van der Waals surface area contributed by atoms with Crippen molar-refractivity contribution in [1.82, 2.24) is 20.4 Å². The molecule has 1 aliphatic heterocycles. The van der Waals surface area contributed by atoms with Gasteiger partial charge < -0.3 is 14.7 Å². The minimum absolute atomic E-state index is 0.258. The van der Waals surface area contributed by atoms with Crippen LogP contribution in [-0.2, 0) is 9.53 Å². The lowest BCUT2D eigenvalue weighted by molar-refractivity contribution is -0.116. The number of nitrogens with one attached hydrogen (secondary N) is 3. The first-order valence-electron chi connectivity index (χ1n) is 8.06. The second kappa shape index (κ2) is 6.32. The molecule has 0 saturated heterocycles. The first-order valence-corrected chi connectivity index (χ1v) is 8.06. The van der Waals surface area contributed by atoms with Crippen molar-refractivity contribution >= 4 is 34.6 Å². The van der Waals surface area contributed by atoms with E-state index in [1.165, 1.54) is 0 Å². The van der Waals surface area contributed by atoms with Crippen molar-refractivity contribution in [3.63, 3.8) is 0 Å². The molecule has 1 aromatic carbocycles. The van der Waals surface area contributed by atoms with Gasteiger partial charge in [0.25, 0.3) is 5.91 Å². The highest BCUT2D eigenvalue weighted by Gasteiger charge is 2.27. The van der Waals surface area contributed by atoms with Crippen LogP contribution in [0.1, 0.15) is 28.8 Å². The van der Waals surface area contributed by atoms with Crippen LogP contribution < -0.4 is 5.43 Å². The Balaban J connectivity index is 1.87. The fourth-order valence-corrected chi connectivity index (χ4v) is 2.88. The van der Waals surface area contributed by atoms with E-state index in [-0.39, 0.29) is 12.5 Å². The van der Waals surface area contributed by atoms with Gasteiger partial charge in [-0.05, 0) is 19.1 Å². The number of carbonyl (C=O) groups excluding carboxylic acids is 2. The Labute approximate surface area is 148 Å². The fraction of sp³-hybridized carbons (Fsp3) is 0.111. The van der Waals surface area contributed by atoms with E-state index in [0.29, 0.717) is 28.4 Å². The summed E-state index contributed by atoms with van der Waals surface area (Å²) in [6.07, 6.45) is 4.81. The third-order valence-corrected chi connectivity index (χ3v) is 3.99. The maximum absolute atomic E-state index is 12.5. The Morgan fingerprint density at radius 1 is 1.31 bits per heavy atom. The van der Waals surface area contributed by atoms with E-state index in [2.05, 4.69) is 25.5 Å². The van der Waals surface area contributed by atoms with E-state index in [4.69, 9.17) is 4.74 Å². The second-order valence-corrected chi connectivity index (χ2v) is 5.58. The van der Waals surface area contributed by atoms with Crippen LogP contribution in [-0.4, -0.2) is 39.1 Å². The van der Waals surface area contributed by atoms with Gasteiger partial charge in [-0.1, -0.05) is 18.2 Å². The number of fused-ring (bicyclic) bond motifs is 1. The molecule has 3 aromatic rings. The Kier molecular flexibility index (Phi) is 3.85. The van der Waals surface area contributed by atoms with Crippen molar-refractivity contribution in [2.75, 3.05) is 6.61 Å². The summed E-state index contributed by atoms with van der Waals surface area (Å²) in [5.41, 5.74) is 4.75. The molecule has 8 heteroatoms. The summed E-state index contributed by atoms with van der Waals surface area (Å²) in [4.78, 5) is 35.0. The summed E-state index contributed by atoms with van der Waals surface area (Å²) in [5.74, 6) is -0.361. The molecule has 1 aliphatic rings. The highest BCUT2D eigenvalue weighted by molar-refractivity contribution is 6.32. The topological polar surface area (TPSA) is 112 Å². The quantitative estimate of drug-likeness (QED) is 0.494. The van der Waals surface area contributed by atoms with E-state index in [1.54, 1.807) is 25.4 Å². The molecule has 0 unspecified atom stereocenters. The van der Waals surface area contributed by atoms with Crippen molar-refractivity contribution in [2.45, 2.75) is 6.92 Å². The van der Waals surface area contributed by atoms with Crippen LogP contribution in [0.5, 0.6) is 0 Å². The van der Waals surface area contributed by atoms with Gasteiger partial charge in [0.05, 0.1) is 23.4 Å². The van der Waals surface area contributed by atoms with Gasteiger partial charge >= 0.3 is 5.97 Å². The summed E-state index contributed by atoms with van der Waals surface area (Å²) >= 11 is 0. The largest absolute Gasteiger partial charge is 0.462 e. The van der Waals surface area contributed by atoms with Gasteiger partial charge in [-0.2, -0.15) is 5.10 Å². The number of hydrazone groups is 1. The van der Waals surface area contributed by atoms with E-state index in [1.807, 2.05) is 24.3 Å². The number of imidazole rings is 1. The number of nitrogens with zero attached hydrogens (tertiary/aromatic N) is 2. The number of rotatable bonds is 4. The number of benzene rings is 1. The van der Waals surface area contributed by atoms with E-state index in [9.17, 15) is 9.59 Å². The minimum atomic E-state index is -0.452. The number of hydrogen-bond acceptors (Lipinski definition) is 5. The van der Waals surface area contributed by atoms with Crippen LogP contribution in [0.2, 0.25) is 0 Å². The molecule has 3 N–H and O–H groups in total. The minimum Gasteiger partial charge on any atom is -0.462 e. The van der Waals surface area contributed by atoms with Crippen LogP contribution >= 0.6 is 0 Å². The number of aromatic amines is 2. The van der Waals surface area contributed by atoms with Crippen molar-refractivity contribution in [2.24, 2.45) is 5.10 Å². The molecule has 0 bridgehead atoms. The molecule has 0 saturated carbocycles. The number of carbonyl (C=O) groups is 2. The molecule has 130 valence electrons. The van der Waals surface area contributed by atoms with Gasteiger partial charge in [0.1, 0.15) is 5.71 Å². The molecule has 0 spiro atoms. The third kappa shape index (κ3) is 2.57. The number of ether oxygens (including phenoxy) is 1. The van der Waals surface area contributed by atoms with Gasteiger partial charge in [-0.15, -0.1) is 0 Å². The molecule has 4 rings (SSSR count). The summed E-state index contributed by atoms with van der Waals surface area (Å²) in [6, 6.07) is 7.39. The van der Waals surface area contributed by atoms with Crippen LogP contribution in [0, 0.1) is 0 Å². The molecule has 26 heavy (non-hydrogen) atoms. The molecule has 1 amide bonds. The first-order chi connectivity index (χ1) is 12.7. The Bertz CT molecular complexity index is 1060. The molecule has 0 radical (unpaired) electrons. The number of aromatic nitrogens is 3. The van der Waals surface area contributed by atoms with E-state index >= 15 is 0 Å². The summed E-state index contributed by atoms with van der Waals surface area (Å²) < 4.78 is 5.19. The molecule has 8 nitrogen and oxygen atoms in total. The number of esters is 1. The highest BCUT2D eigenvalue weighted by Crippen LogP contribution is 2.26. The Morgan fingerprint density at radius 3 is 2.92 bits per heavy atom. The SMILES string of the molecule is CCOC(=O)c1c(C=C2C(=O)NN=C2c2ncc[nH]2)[nH]c2ccccc12. The molecule has 2 aromatic heterocycles. The summed E-state index contributed by atoms with van der Waals surface area (Å²) in [6.45, 7) is 2.00. The predicted molar refractivity (Wildman–Crippen MR) is 95.5 cm³/mol. The Morgan fingerprint density at radius 2 is 2.15 bits per heavy atom. The summed E-state index contributed by atoms with van der Waals surface area (Å²) in [7, 11) is 0. The normalized spacial score (nSPS) is 15.3. The number of hydrogen-bond donors (Lipinski definition) is 3. The van der Waals surface area contributed by atoms with Crippen molar-refractivity contribution in [1.29, 1.82) is 0 Å². The average Bonchev–Trinajstić information content (AvgIpc) is 3.35. The molecule has 0 atom stereocenters. The van der Waals surface area contributed by atoms with Crippen LogP contribution in [0.4, 0.5) is 0 Å². The van der Waals surface area contributed by atoms with Gasteiger partial charge in [-0.25, -0.2) is 15.2 Å². The van der Waals surface area contributed by atoms with Gasteiger partial charge in [0.15, 0.2) is 5.82 Å². The zero-order valence-electron chi connectivity index (χ0n) is 13.9. The number of amides is 1. The lowest BCUT2D eigenvalue weighted by Crippen LogP contribution is -2.14. The number of H-pyrrole nitrogens is 2. The smallest absolute Gasteiger partial charge is 0.340 e. The highest BCUT2D eigenvalue weighted by atomic mass is 16.5. The van der Waals surface area contributed by atoms with Crippen molar-refractivity contribution in [3.05, 3.63) is 59.3 Å². The van der Waals surface area contributed by atoms with E-state index in [0.717, 1.165) is 10.9 Å². The lowest BCUT2D eigenvalue weighted by Gasteiger charge is -2.03. The fourth-order valence-electron chi connectivity index (χ4n) is 2.88. The van der Waals surface area contributed by atoms with Crippen molar-refractivity contribution in [3.8, 4) is 0 Å². The first kappa shape index (κ1) is 15.8. The molecule has 3 heterocycles. The van der Waals surface area contributed by atoms with Gasteiger partial charge in [-0.3, -0.25) is 4.79 Å². The third-order valence-electron chi connectivity index (χ3n) is 3.99. The van der Waals surface area contributed by atoms with Crippen molar-refractivity contribution < 1.29 is 14.3 Å². The zero-order chi connectivity index (χ0) is 18.1. The van der Waals surface area contributed by atoms with Crippen LogP contribution in [0.15, 0.2) is 47.3 Å². The molecule has 0 aliphatic carbocycles. The maximum atomic E-state index is 12.5. The maximum Gasteiger partial charge on any atom is 0.340 e. The average molecular weight is 349 g/mol. The molecular weight excluding hydrogens is 334 g/mol. The standard InChI is InChI=1S/C18H15N5O3/c1-2-26-18(25)14-10-5-3-4-6-12(10)21-13(14)9-11-15(22-23-17(11)24)16-19-7-8-20-16/h3-9,21H,2H2,1H3,(H,19,20)(H,23,24). The Hall–Kier alpha value is -3.68. The van der Waals surface area contributed by atoms with Crippen LogP contribution in [0.3, 0.4) is 0 Å². The molecular formula is C18H15N5O3. The van der Waals surface area contributed by atoms with Gasteiger partial charge in [0, 0.05) is 23.3 Å². The predicted octanol–water partition coefficient (Wildman–Crippen LogP) is 1.99. The lowest BCUT2D eigenvalue weighted by atomic mass is 10.1.